The fourth-order valence-electron chi connectivity index (χ4n) is 3.11. The average Bonchev–Trinajstić information content (AvgIpc) is 2.62. The average molecular weight is 338 g/mol. The Hall–Kier alpha value is -1.86. The minimum absolute atomic E-state index is 0.0152. The molecule has 7 heteroatoms. The summed E-state index contributed by atoms with van der Waals surface area (Å²) >= 11 is 0. The maximum absolute atomic E-state index is 13.5. The number of piperazine rings is 1. The van der Waals surface area contributed by atoms with E-state index in [4.69, 9.17) is 14.2 Å². The molecular weight excluding hydrogens is 315 g/mol. The SMILES string of the molecule is COc1cc(N2CCN(C(=O)[C@@H]3OCCO[C@@H]3C)CC2)ccc1F. The van der Waals surface area contributed by atoms with Crippen LogP contribution in [0.1, 0.15) is 6.92 Å². The minimum Gasteiger partial charge on any atom is -0.494 e. The van der Waals surface area contributed by atoms with Crippen LogP contribution in [0.25, 0.3) is 0 Å². The van der Waals surface area contributed by atoms with Gasteiger partial charge in [0.2, 0.25) is 0 Å². The van der Waals surface area contributed by atoms with E-state index in [0.29, 0.717) is 39.4 Å². The number of rotatable bonds is 3. The second-order valence-electron chi connectivity index (χ2n) is 6.00. The first kappa shape index (κ1) is 17.0. The number of carbonyl (C=O) groups is 1. The number of ether oxygens (including phenoxy) is 3. The molecule has 24 heavy (non-hydrogen) atoms. The molecule has 132 valence electrons. The number of anilines is 1. The molecule has 2 fully saturated rings. The molecule has 2 aliphatic rings. The van der Waals surface area contributed by atoms with Crippen molar-refractivity contribution in [2.45, 2.75) is 19.1 Å². The molecule has 0 spiro atoms. The van der Waals surface area contributed by atoms with Gasteiger partial charge in [0.15, 0.2) is 17.7 Å². The Morgan fingerprint density at radius 3 is 2.58 bits per heavy atom. The predicted molar refractivity (Wildman–Crippen MR) is 86.9 cm³/mol. The summed E-state index contributed by atoms with van der Waals surface area (Å²) in [5.41, 5.74) is 0.894. The van der Waals surface area contributed by atoms with E-state index in [-0.39, 0.29) is 23.6 Å². The Labute approximate surface area is 141 Å². The fraction of sp³-hybridized carbons (Fsp3) is 0.588. The van der Waals surface area contributed by atoms with E-state index in [0.717, 1.165) is 5.69 Å². The van der Waals surface area contributed by atoms with E-state index < -0.39 is 6.10 Å². The highest BCUT2D eigenvalue weighted by Crippen LogP contribution is 2.25. The van der Waals surface area contributed by atoms with Crippen LogP contribution in [0.4, 0.5) is 10.1 Å². The second-order valence-corrected chi connectivity index (χ2v) is 6.00. The summed E-state index contributed by atoms with van der Waals surface area (Å²) < 4.78 is 29.6. The molecule has 0 radical (unpaired) electrons. The Morgan fingerprint density at radius 1 is 1.21 bits per heavy atom. The molecule has 2 saturated heterocycles. The van der Waals surface area contributed by atoms with Gasteiger partial charge in [0.1, 0.15) is 0 Å². The highest BCUT2D eigenvalue weighted by Gasteiger charge is 2.34. The van der Waals surface area contributed by atoms with Crippen molar-refractivity contribution in [3.05, 3.63) is 24.0 Å². The summed E-state index contributed by atoms with van der Waals surface area (Å²) in [6.07, 6.45) is -0.734. The smallest absolute Gasteiger partial charge is 0.254 e. The summed E-state index contributed by atoms with van der Waals surface area (Å²) in [6.45, 7) is 5.42. The van der Waals surface area contributed by atoms with E-state index in [9.17, 15) is 9.18 Å². The second kappa shape index (κ2) is 7.36. The Balaban J connectivity index is 1.60. The van der Waals surface area contributed by atoms with Gasteiger partial charge in [-0.3, -0.25) is 4.79 Å². The van der Waals surface area contributed by atoms with Gasteiger partial charge in [0.25, 0.3) is 5.91 Å². The lowest BCUT2D eigenvalue weighted by atomic mass is 10.1. The molecule has 0 aromatic heterocycles. The summed E-state index contributed by atoms with van der Waals surface area (Å²) in [5, 5.41) is 0. The van der Waals surface area contributed by atoms with Crippen LogP contribution in [0.15, 0.2) is 18.2 Å². The maximum Gasteiger partial charge on any atom is 0.254 e. The van der Waals surface area contributed by atoms with Gasteiger partial charge in [-0.1, -0.05) is 0 Å². The first-order valence-electron chi connectivity index (χ1n) is 8.20. The zero-order valence-electron chi connectivity index (χ0n) is 14.0. The van der Waals surface area contributed by atoms with Crippen molar-refractivity contribution in [1.82, 2.24) is 4.90 Å². The Kier molecular flexibility index (Phi) is 5.20. The third-order valence-corrected chi connectivity index (χ3v) is 4.52. The Bertz CT molecular complexity index is 590. The predicted octanol–water partition coefficient (Wildman–Crippen LogP) is 1.29. The standard InChI is InChI=1S/C17H23FN2O4/c1-12-16(24-10-9-23-12)17(21)20-7-5-19(6-8-20)13-3-4-14(18)15(11-13)22-2/h3-4,11-12,16H,5-10H2,1-2H3/t12-,16-/m1/s1. The molecular formula is C17H23FN2O4. The topological polar surface area (TPSA) is 51.2 Å². The Morgan fingerprint density at radius 2 is 1.92 bits per heavy atom. The lowest BCUT2D eigenvalue weighted by Gasteiger charge is -2.39. The number of methoxy groups -OCH3 is 1. The van der Waals surface area contributed by atoms with Crippen molar-refractivity contribution in [3.8, 4) is 5.75 Å². The van der Waals surface area contributed by atoms with Crippen LogP contribution < -0.4 is 9.64 Å². The molecule has 2 aliphatic heterocycles. The van der Waals surface area contributed by atoms with E-state index in [1.165, 1.54) is 13.2 Å². The van der Waals surface area contributed by atoms with Gasteiger partial charge in [-0.25, -0.2) is 4.39 Å². The maximum atomic E-state index is 13.5. The molecule has 0 N–H and O–H groups in total. The van der Waals surface area contributed by atoms with Gasteiger partial charge >= 0.3 is 0 Å². The van der Waals surface area contributed by atoms with Crippen molar-refractivity contribution in [2.24, 2.45) is 0 Å². The molecule has 3 rings (SSSR count). The van der Waals surface area contributed by atoms with Crippen LogP contribution in [-0.2, 0) is 14.3 Å². The molecule has 0 saturated carbocycles. The molecule has 2 heterocycles. The number of halogens is 1. The number of nitrogens with zero attached hydrogens (tertiary/aromatic N) is 2. The van der Waals surface area contributed by atoms with Gasteiger partial charge in [0, 0.05) is 37.9 Å². The third kappa shape index (κ3) is 3.47. The monoisotopic (exact) mass is 338 g/mol. The van der Waals surface area contributed by atoms with Gasteiger partial charge < -0.3 is 24.0 Å². The normalized spacial score (nSPS) is 24.8. The lowest BCUT2D eigenvalue weighted by molar-refractivity contribution is -0.171. The first-order valence-corrected chi connectivity index (χ1v) is 8.20. The van der Waals surface area contributed by atoms with Gasteiger partial charge in [-0.2, -0.15) is 0 Å². The van der Waals surface area contributed by atoms with Crippen molar-refractivity contribution in [1.29, 1.82) is 0 Å². The molecule has 6 nitrogen and oxygen atoms in total. The van der Waals surface area contributed by atoms with Crippen LogP contribution in [-0.4, -0.2) is 69.5 Å². The van der Waals surface area contributed by atoms with Crippen LogP contribution in [0.2, 0.25) is 0 Å². The zero-order chi connectivity index (χ0) is 17.1. The van der Waals surface area contributed by atoms with Crippen LogP contribution in [0.3, 0.4) is 0 Å². The summed E-state index contributed by atoms with van der Waals surface area (Å²) in [5.74, 6) is -0.162. The fourth-order valence-corrected chi connectivity index (χ4v) is 3.11. The quantitative estimate of drug-likeness (QED) is 0.831. The lowest BCUT2D eigenvalue weighted by Crippen LogP contribution is -2.55. The van der Waals surface area contributed by atoms with E-state index >= 15 is 0 Å². The van der Waals surface area contributed by atoms with Crippen molar-refractivity contribution in [2.75, 3.05) is 51.4 Å². The minimum atomic E-state index is -0.517. The third-order valence-electron chi connectivity index (χ3n) is 4.52. The van der Waals surface area contributed by atoms with Crippen LogP contribution >= 0.6 is 0 Å². The number of carbonyl (C=O) groups excluding carboxylic acids is 1. The molecule has 1 aromatic carbocycles. The van der Waals surface area contributed by atoms with Crippen LogP contribution in [0.5, 0.6) is 5.75 Å². The van der Waals surface area contributed by atoms with Crippen molar-refractivity contribution < 1.29 is 23.4 Å². The molecule has 1 aromatic rings. The van der Waals surface area contributed by atoms with E-state index in [1.807, 2.05) is 11.8 Å². The van der Waals surface area contributed by atoms with Crippen molar-refractivity contribution >= 4 is 11.6 Å². The van der Waals surface area contributed by atoms with Gasteiger partial charge in [-0.05, 0) is 19.1 Å². The summed E-state index contributed by atoms with van der Waals surface area (Å²) in [6, 6.07) is 4.82. The van der Waals surface area contributed by atoms with Gasteiger partial charge in [-0.15, -0.1) is 0 Å². The van der Waals surface area contributed by atoms with E-state index in [1.54, 1.807) is 12.1 Å². The molecule has 2 atom stereocenters. The summed E-state index contributed by atoms with van der Waals surface area (Å²) in [4.78, 5) is 16.5. The molecule has 1 amide bonds. The molecule has 0 aliphatic carbocycles. The number of hydrogen-bond donors (Lipinski definition) is 0. The number of amides is 1. The summed E-state index contributed by atoms with van der Waals surface area (Å²) in [7, 11) is 1.45. The van der Waals surface area contributed by atoms with E-state index in [2.05, 4.69) is 4.90 Å². The van der Waals surface area contributed by atoms with Gasteiger partial charge in [0.05, 0.1) is 26.4 Å². The largest absolute Gasteiger partial charge is 0.494 e. The number of benzene rings is 1. The molecule has 0 bridgehead atoms. The number of hydrogen-bond acceptors (Lipinski definition) is 5. The highest BCUT2D eigenvalue weighted by atomic mass is 19.1. The van der Waals surface area contributed by atoms with Crippen LogP contribution in [0, 0.1) is 5.82 Å². The molecule has 0 unspecified atom stereocenters. The zero-order valence-corrected chi connectivity index (χ0v) is 14.0. The van der Waals surface area contributed by atoms with Crippen molar-refractivity contribution in [3.63, 3.8) is 0 Å². The first-order chi connectivity index (χ1) is 11.6. The highest BCUT2D eigenvalue weighted by molar-refractivity contribution is 5.82.